The fourth-order valence-electron chi connectivity index (χ4n) is 1.42. The molecule has 1 aromatic heterocycles. The van der Waals surface area contributed by atoms with Gasteiger partial charge < -0.3 is 9.66 Å². The predicted molar refractivity (Wildman–Crippen MR) is 59.1 cm³/mol. The Hall–Kier alpha value is -1.70. The predicted octanol–water partition coefficient (Wildman–Crippen LogP) is 0.374. The third kappa shape index (κ3) is 4.35. The summed E-state index contributed by atoms with van der Waals surface area (Å²) in [6.07, 6.45) is 1.92. The van der Waals surface area contributed by atoms with Crippen LogP contribution < -0.4 is 4.57 Å². The Morgan fingerprint density at radius 2 is 1.76 bits per heavy atom. The topological polar surface area (TPSA) is 102 Å². The van der Waals surface area contributed by atoms with E-state index >= 15 is 0 Å². The molecule has 0 aliphatic rings. The van der Waals surface area contributed by atoms with Crippen LogP contribution in [0.5, 0.6) is 5.75 Å². The van der Waals surface area contributed by atoms with E-state index in [1.807, 2.05) is 42.1 Å². The van der Waals surface area contributed by atoms with Crippen molar-refractivity contribution in [3.8, 4) is 5.75 Å². The molecular weight excluding hydrogens is 246 g/mol. The number of aryl methyl sites for hydroxylation is 1. The number of aromatic nitrogens is 1. The summed E-state index contributed by atoms with van der Waals surface area (Å²) in [6, 6.07) is 9.46. The lowest BCUT2D eigenvalue weighted by atomic mass is 10.2. The molecule has 0 aliphatic carbocycles. The van der Waals surface area contributed by atoms with E-state index in [0.29, 0.717) is 5.75 Å². The van der Waals surface area contributed by atoms with Gasteiger partial charge in [0.2, 0.25) is 10.4 Å². The van der Waals surface area contributed by atoms with Crippen molar-refractivity contribution in [1.82, 2.24) is 0 Å². The highest BCUT2D eigenvalue weighted by Gasteiger charge is 2.07. The summed E-state index contributed by atoms with van der Waals surface area (Å²) in [7, 11) is -3.00. The van der Waals surface area contributed by atoms with Crippen molar-refractivity contribution in [1.29, 1.82) is 0 Å². The summed E-state index contributed by atoms with van der Waals surface area (Å²) in [5.74, 6) is 0.329. The van der Waals surface area contributed by atoms with Crippen LogP contribution in [0, 0.1) is 0 Å². The quantitative estimate of drug-likeness (QED) is 0.403. The van der Waals surface area contributed by atoms with Crippen molar-refractivity contribution in [3.05, 3.63) is 36.5 Å². The van der Waals surface area contributed by atoms with Gasteiger partial charge in [-0.1, -0.05) is 6.07 Å². The highest BCUT2D eigenvalue weighted by molar-refractivity contribution is 7.79. The van der Waals surface area contributed by atoms with E-state index in [2.05, 4.69) is 0 Å². The first-order valence-electron chi connectivity index (χ1n) is 4.53. The molecule has 0 unspecified atom stereocenters. The summed E-state index contributed by atoms with van der Waals surface area (Å²) in [5.41, 5.74) is 0.875. The summed E-state index contributed by atoms with van der Waals surface area (Å²) in [5, 5.41) is 10.6. The smallest absolute Gasteiger partial charge is 0.254 e. The molecule has 0 saturated heterocycles. The minimum absolute atomic E-state index is 0.329. The van der Waals surface area contributed by atoms with Crippen molar-refractivity contribution in [3.63, 3.8) is 0 Å². The molecule has 92 valence electrons. The standard InChI is InChI=1S/C10H9NO.H2O4S/c1-11-7-3-5-8-4-2-6-9(12)10(8)11;1-5(2,3)4/h2-7H,1H3;(H2,1,2,3,4). The molecule has 2 N–H and O–H groups in total. The minimum Gasteiger partial charge on any atom is -0.726 e. The van der Waals surface area contributed by atoms with Gasteiger partial charge >= 0.3 is 0 Å². The Balaban J connectivity index is 0.000000249. The van der Waals surface area contributed by atoms with E-state index in [0.717, 1.165) is 10.9 Å². The van der Waals surface area contributed by atoms with Crippen LogP contribution in [0.25, 0.3) is 10.9 Å². The van der Waals surface area contributed by atoms with Crippen LogP contribution in [0.15, 0.2) is 36.5 Å². The van der Waals surface area contributed by atoms with Crippen LogP contribution in [0.1, 0.15) is 0 Å². The average Bonchev–Trinajstić information content (AvgIpc) is 2.15. The monoisotopic (exact) mass is 257 g/mol. The molecule has 2 rings (SSSR count). The molecule has 1 heterocycles. The molecule has 7 heteroatoms. The highest BCUT2D eigenvalue weighted by atomic mass is 32.3. The van der Waals surface area contributed by atoms with Crippen LogP contribution in [-0.4, -0.2) is 22.6 Å². The molecular formula is C10H11NO5S. The number of phenolic OH excluding ortho intramolecular Hbond substituents is 1. The normalized spacial score (nSPS) is 10.8. The first-order valence-corrected chi connectivity index (χ1v) is 5.90. The first kappa shape index (κ1) is 13.4. The van der Waals surface area contributed by atoms with Crippen molar-refractivity contribution >= 4 is 21.3 Å². The molecule has 0 radical (unpaired) electrons. The van der Waals surface area contributed by atoms with E-state index in [4.69, 9.17) is 17.5 Å². The summed E-state index contributed by atoms with van der Waals surface area (Å²) >= 11 is 0. The molecule has 0 aliphatic heterocycles. The Kier molecular flexibility index (Phi) is 4.00. The summed E-state index contributed by atoms with van der Waals surface area (Å²) in [6.45, 7) is 0. The number of fused-ring (bicyclic) bond motifs is 1. The number of pyridine rings is 1. The number of benzene rings is 1. The Labute approximate surface area is 98.3 Å². The number of hydrogen-bond donors (Lipinski definition) is 2. The molecule has 2 aromatic rings. The van der Waals surface area contributed by atoms with Crippen LogP contribution in [-0.2, 0) is 17.4 Å². The van der Waals surface area contributed by atoms with E-state index in [-0.39, 0.29) is 0 Å². The maximum absolute atomic E-state index is 9.53. The van der Waals surface area contributed by atoms with Gasteiger partial charge in [-0.05, 0) is 18.2 Å². The highest BCUT2D eigenvalue weighted by Crippen LogP contribution is 2.19. The van der Waals surface area contributed by atoms with Crippen molar-refractivity contribution in [2.75, 3.05) is 0 Å². The Morgan fingerprint density at radius 3 is 2.29 bits per heavy atom. The number of phenols is 1. The second kappa shape index (κ2) is 5.09. The van der Waals surface area contributed by atoms with Gasteiger partial charge in [0.25, 0.3) is 5.52 Å². The van der Waals surface area contributed by atoms with E-state index in [1.54, 1.807) is 6.07 Å². The summed E-state index contributed by atoms with van der Waals surface area (Å²) in [4.78, 5) is 0. The van der Waals surface area contributed by atoms with E-state index < -0.39 is 10.4 Å². The van der Waals surface area contributed by atoms with Gasteiger partial charge in [-0.25, -0.2) is 8.42 Å². The average molecular weight is 257 g/mol. The van der Waals surface area contributed by atoms with Gasteiger partial charge in [0.05, 0.1) is 5.39 Å². The summed E-state index contributed by atoms with van der Waals surface area (Å²) < 4.78 is 34.7. The van der Waals surface area contributed by atoms with Crippen LogP contribution >= 0.6 is 0 Å². The van der Waals surface area contributed by atoms with E-state index in [1.165, 1.54) is 0 Å². The lowest BCUT2D eigenvalue weighted by Gasteiger charge is -1.96. The minimum atomic E-state index is -4.92. The first-order chi connectivity index (χ1) is 7.79. The van der Waals surface area contributed by atoms with Crippen LogP contribution in [0.2, 0.25) is 0 Å². The molecule has 1 aromatic carbocycles. The van der Waals surface area contributed by atoms with Gasteiger partial charge in [-0.15, -0.1) is 0 Å². The Bertz CT molecular complexity index is 579. The third-order valence-corrected chi connectivity index (χ3v) is 1.98. The van der Waals surface area contributed by atoms with Crippen molar-refractivity contribution < 1.29 is 27.2 Å². The number of aromatic hydroxyl groups is 1. The molecule has 6 nitrogen and oxygen atoms in total. The number of nitrogens with zero attached hydrogens (tertiary/aromatic N) is 1. The fourth-order valence-corrected chi connectivity index (χ4v) is 1.42. The Morgan fingerprint density at radius 1 is 1.24 bits per heavy atom. The van der Waals surface area contributed by atoms with Gasteiger partial charge in [0, 0.05) is 6.07 Å². The number of para-hydroxylation sites is 1. The van der Waals surface area contributed by atoms with Crippen LogP contribution in [0.4, 0.5) is 0 Å². The lowest BCUT2D eigenvalue weighted by Crippen LogP contribution is -2.27. The fraction of sp³-hybridized carbons (Fsp3) is 0.100. The zero-order valence-corrected chi connectivity index (χ0v) is 9.76. The molecule has 0 saturated carbocycles. The molecule has 0 bridgehead atoms. The SMILES string of the molecule is C[n+]1cccc2cccc(O)c21.O=S(=O)([O-])O. The zero-order chi connectivity index (χ0) is 13.1. The van der Waals surface area contributed by atoms with Gasteiger partial charge in [0.1, 0.15) is 7.05 Å². The zero-order valence-electron chi connectivity index (χ0n) is 8.94. The van der Waals surface area contributed by atoms with Crippen LogP contribution in [0.3, 0.4) is 0 Å². The maximum atomic E-state index is 9.53. The molecule has 0 atom stereocenters. The van der Waals surface area contributed by atoms with Gasteiger partial charge in [0.15, 0.2) is 11.9 Å². The van der Waals surface area contributed by atoms with Crippen molar-refractivity contribution in [2.24, 2.45) is 7.05 Å². The number of hydrogen-bond acceptors (Lipinski definition) is 4. The number of rotatable bonds is 0. The second-order valence-electron chi connectivity index (χ2n) is 3.26. The van der Waals surface area contributed by atoms with Gasteiger partial charge in [-0.3, -0.25) is 4.55 Å². The van der Waals surface area contributed by atoms with Gasteiger partial charge in [-0.2, -0.15) is 4.57 Å². The largest absolute Gasteiger partial charge is 0.726 e. The van der Waals surface area contributed by atoms with Crippen molar-refractivity contribution in [2.45, 2.75) is 0 Å². The third-order valence-electron chi connectivity index (χ3n) is 1.98. The second-order valence-corrected chi connectivity index (χ2v) is 4.12. The van der Waals surface area contributed by atoms with E-state index in [9.17, 15) is 5.11 Å². The lowest BCUT2D eigenvalue weighted by molar-refractivity contribution is -0.645. The molecule has 0 fully saturated rings. The maximum Gasteiger partial charge on any atom is 0.254 e. The molecule has 0 amide bonds. The molecule has 17 heavy (non-hydrogen) atoms. The molecule has 0 spiro atoms.